The summed E-state index contributed by atoms with van der Waals surface area (Å²) in [6, 6.07) is 10.7. The summed E-state index contributed by atoms with van der Waals surface area (Å²) in [7, 11) is 0. The van der Waals surface area contributed by atoms with Crippen molar-refractivity contribution >= 4 is 24.8 Å². The highest BCUT2D eigenvalue weighted by molar-refractivity contribution is 5.85. The van der Waals surface area contributed by atoms with Crippen LogP contribution in [0.4, 0.5) is 0 Å². The zero-order chi connectivity index (χ0) is 12.1. The average Bonchev–Trinajstić information content (AvgIpc) is 2.41. The van der Waals surface area contributed by atoms with Crippen LogP contribution in [-0.2, 0) is 0 Å². The number of nitriles is 1. The van der Waals surface area contributed by atoms with Gasteiger partial charge in [0.1, 0.15) is 0 Å². The first-order valence-electron chi connectivity index (χ1n) is 6.30. The van der Waals surface area contributed by atoms with Crippen LogP contribution in [0, 0.1) is 11.3 Å². The third kappa shape index (κ3) is 4.36. The fourth-order valence-corrected chi connectivity index (χ4v) is 2.56. The van der Waals surface area contributed by atoms with Gasteiger partial charge in [-0.2, -0.15) is 5.26 Å². The first-order valence-corrected chi connectivity index (χ1v) is 6.30. The predicted octanol–water partition coefficient (Wildman–Crippen LogP) is 2.76. The highest BCUT2D eigenvalue weighted by Gasteiger charge is 2.22. The predicted molar refractivity (Wildman–Crippen MR) is 83.1 cm³/mol. The van der Waals surface area contributed by atoms with Crippen LogP contribution in [0.25, 0.3) is 0 Å². The van der Waals surface area contributed by atoms with Crippen molar-refractivity contribution in [1.29, 1.82) is 5.26 Å². The zero-order valence-corrected chi connectivity index (χ0v) is 12.8. The number of piperazine rings is 1. The Morgan fingerprint density at radius 1 is 1.26 bits per heavy atom. The quantitative estimate of drug-likeness (QED) is 0.933. The molecule has 1 aromatic rings. The maximum absolute atomic E-state index is 9.18. The van der Waals surface area contributed by atoms with Crippen molar-refractivity contribution in [2.45, 2.75) is 19.4 Å². The molecule has 19 heavy (non-hydrogen) atoms. The van der Waals surface area contributed by atoms with Crippen LogP contribution >= 0.6 is 24.8 Å². The molecule has 0 aliphatic carbocycles. The van der Waals surface area contributed by atoms with Gasteiger partial charge in [-0.25, -0.2) is 0 Å². The van der Waals surface area contributed by atoms with E-state index in [1.807, 2.05) is 18.2 Å². The number of hydrogen-bond donors (Lipinski definition) is 1. The molecular weight excluding hydrogens is 281 g/mol. The van der Waals surface area contributed by atoms with Crippen molar-refractivity contribution in [3.63, 3.8) is 0 Å². The molecule has 1 saturated heterocycles. The molecule has 5 heteroatoms. The van der Waals surface area contributed by atoms with E-state index in [4.69, 9.17) is 0 Å². The molecule has 2 rings (SSSR count). The minimum absolute atomic E-state index is 0. The van der Waals surface area contributed by atoms with Crippen LogP contribution in [0.2, 0.25) is 0 Å². The van der Waals surface area contributed by atoms with Gasteiger partial charge in [0.25, 0.3) is 0 Å². The maximum atomic E-state index is 9.18. The summed E-state index contributed by atoms with van der Waals surface area (Å²) in [5.74, 6) is 0. The fraction of sp³-hybridized carbons (Fsp3) is 0.500. The lowest BCUT2D eigenvalue weighted by Crippen LogP contribution is -2.45. The van der Waals surface area contributed by atoms with Crippen molar-refractivity contribution in [2.24, 2.45) is 0 Å². The number of nitrogens with zero attached hydrogens (tertiary/aromatic N) is 2. The second kappa shape index (κ2) is 9.17. The lowest BCUT2D eigenvalue weighted by atomic mass is 9.97. The van der Waals surface area contributed by atoms with Gasteiger partial charge in [0, 0.05) is 32.2 Å². The van der Waals surface area contributed by atoms with Gasteiger partial charge in [-0.05, 0) is 18.1 Å². The monoisotopic (exact) mass is 301 g/mol. The van der Waals surface area contributed by atoms with E-state index in [0.29, 0.717) is 6.04 Å². The molecule has 1 aliphatic rings. The molecule has 0 aromatic heterocycles. The molecule has 3 nitrogen and oxygen atoms in total. The summed E-state index contributed by atoms with van der Waals surface area (Å²) in [6.07, 6.45) is 1.05. The minimum atomic E-state index is 0. The lowest BCUT2D eigenvalue weighted by Gasteiger charge is -2.35. The Hall–Kier alpha value is -0.790. The summed E-state index contributed by atoms with van der Waals surface area (Å²) in [6.45, 7) is 6.42. The van der Waals surface area contributed by atoms with E-state index in [1.165, 1.54) is 5.56 Å². The molecule has 0 spiro atoms. The van der Waals surface area contributed by atoms with Gasteiger partial charge in [-0.3, -0.25) is 4.90 Å². The fourth-order valence-electron chi connectivity index (χ4n) is 2.56. The van der Waals surface area contributed by atoms with Gasteiger partial charge in [-0.15, -0.1) is 24.8 Å². The van der Waals surface area contributed by atoms with E-state index >= 15 is 0 Å². The van der Waals surface area contributed by atoms with Crippen LogP contribution in [0.15, 0.2) is 24.3 Å². The van der Waals surface area contributed by atoms with E-state index in [0.717, 1.165) is 38.2 Å². The second-order valence-electron chi connectivity index (χ2n) is 4.41. The summed E-state index contributed by atoms with van der Waals surface area (Å²) < 4.78 is 0. The van der Waals surface area contributed by atoms with Crippen LogP contribution in [0.3, 0.4) is 0 Å². The Bertz CT molecular complexity index is 411. The van der Waals surface area contributed by atoms with Crippen LogP contribution in [-0.4, -0.2) is 31.1 Å². The number of benzene rings is 1. The Kier molecular flexibility index (Phi) is 8.79. The molecule has 1 atom stereocenters. The Balaban J connectivity index is 0.00000162. The van der Waals surface area contributed by atoms with Crippen LogP contribution in [0.5, 0.6) is 0 Å². The molecule has 106 valence electrons. The molecule has 1 aliphatic heterocycles. The molecule has 0 radical (unpaired) electrons. The smallest absolute Gasteiger partial charge is 0.0995 e. The summed E-state index contributed by atoms with van der Waals surface area (Å²) in [5, 5.41) is 12.5. The van der Waals surface area contributed by atoms with Gasteiger partial charge in [-0.1, -0.05) is 25.1 Å². The van der Waals surface area contributed by atoms with E-state index in [1.54, 1.807) is 0 Å². The SMILES string of the molecule is CC[C@@H](c1ccccc1C#N)N1CCNCC1.Cl.Cl. The Morgan fingerprint density at radius 2 is 1.89 bits per heavy atom. The third-order valence-electron chi connectivity index (χ3n) is 3.42. The van der Waals surface area contributed by atoms with Crippen molar-refractivity contribution in [3.8, 4) is 6.07 Å². The van der Waals surface area contributed by atoms with Gasteiger partial charge >= 0.3 is 0 Å². The first kappa shape index (κ1) is 18.2. The Labute approximate surface area is 127 Å². The van der Waals surface area contributed by atoms with E-state index < -0.39 is 0 Å². The molecule has 0 unspecified atom stereocenters. The topological polar surface area (TPSA) is 39.1 Å². The van der Waals surface area contributed by atoms with Crippen LogP contribution < -0.4 is 5.32 Å². The number of hydrogen-bond acceptors (Lipinski definition) is 3. The van der Waals surface area contributed by atoms with E-state index in [9.17, 15) is 5.26 Å². The van der Waals surface area contributed by atoms with Gasteiger partial charge in [0.15, 0.2) is 0 Å². The molecule has 1 fully saturated rings. The summed E-state index contributed by atoms with van der Waals surface area (Å²) in [5.41, 5.74) is 2.00. The van der Waals surface area contributed by atoms with Gasteiger partial charge in [0.05, 0.1) is 11.6 Å². The minimum Gasteiger partial charge on any atom is -0.314 e. The van der Waals surface area contributed by atoms with Crippen molar-refractivity contribution in [3.05, 3.63) is 35.4 Å². The molecule has 1 aromatic carbocycles. The largest absolute Gasteiger partial charge is 0.314 e. The van der Waals surface area contributed by atoms with Gasteiger partial charge < -0.3 is 5.32 Å². The van der Waals surface area contributed by atoms with Crippen LogP contribution in [0.1, 0.15) is 30.5 Å². The number of halogens is 2. The summed E-state index contributed by atoms with van der Waals surface area (Å²) >= 11 is 0. The molecule has 0 saturated carbocycles. The standard InChI is InChI=1S/C14H19N3.2ClH/c1-2-14(17-9-7-16-8-10-17)13-6-4-3-5-12(13)11-15;;/h3-6,14,16H,2,7-10H2,1H3;2*1H/t14-;;/m0../s1. The first-order chi connectivity index (χ1) is 8.36. The normalized spacial score (nSPS) is 16.6. The van der Waals surface area contributed by atoms with Crippen molar-refractivity contribution in [2.75, 3.05) is 26.2 Å². The number of rotatable bonds is 3. The second-order valence-corrected chi connectivity index (χ2v) is 4.41. The van der Waals surface area contributed by atoms with Crippen molar-refractivity contribution in [1.82, 2.24) is 10.2 Å². The van der Waals surface area contributed by atoms with E-state index in [2.05, 4.69) is 29.3 Å². The average molecular weight is 302 g/mol. The van der Waals surface area contributed by atoms with E-state index in [-0.39, 0.29) is 24.8 Å². The van der Waals surface area contributed by atoms with Gasteiger partial charge in [0.2, 0.25) is 0 Å². The Morgan fingerprint density at radius 3 is 2.47 bits per heavy atom. The molecule has 0 amide bonds. The molecule has 1 N–H and O–H groups in total. The molecular formula is C14H21Cl2N3. The summed E-state index contributed by atoms with van der Waals surface area (Å²) in [4.78, 5) is 2.48. The molecule has 0 bridgehead atoms. The van der Waals surface area contributed by atoms with Crippen molar-refractivity contribution < 1.29 is 0 Å². The lowest BCUT2D eigenvalue weighted by molar-refractivity contribution is 0.169. The molecule has 1 heterocycles. The zero-order valence-electron chi connectivity index (χ0n) is 11.1. The highest BCUT2D eigenvalue weighted by atomic mass is 35.5. The number of nitrogens with one attached hydrogen (secondary N) is 1. The third-order valence-corrected chi connectivity index (χ3v) is 3.42. The maximum Gasteiger partial charge on any atom is 0.0995 e. The highest BCUT2D eigenvalue weighted by Crippen LogP contribution is 2.26.